The summed E-state index contributed by atoms with van der Waals surface area (Å²) in [5.74, 6) is 0. The highest BCUT2D eigenvalue weighted by Crippen LogP contribution is 2.14. The molecule has 0 aliphatic carbocycles. The maximum absolute atomic E-state index is 3.54. The third-order valence-corrected chi connectivity index (χ3v) is 2.62. The van der Waals surface area contributed by atoms with E-state index in [1.165, 1.54) is 24.0 Å². The molecule has 0 N–H and O–H groups in total. The summed E-state index contributed by atoms with van der Waals surface area (Å²) in [6.45, 7) is 4.63. The molecule has 1 aliphatic rings. The van der Waals surface area contributed by atoms with Gasteiger partial charge in [-0.2, -0.15) is 0 Å². The Labute approximate surface area is 83.4 Å². The lowest BCUT2D eigenvalue weighted by molar-refractivity contribution is 0.257. The van der Waals surface area contributed by atoms with Crippen LogP contribution in [0.25, 0.3) is 0 Å². The Bertz CT molecular complexity index is 166. The summed E-state index contributed by atoms with van der Waals surface area (Å²) >= 11 is 3.54. The summed E-state index contributed by atoms with van der Waals surface area (Å²) in [4.78, 5) is 4.70. The van der Waals surface area contributed by atoms with Gasteiger partial charge >= 0.3 is 0 Å². The van der Waals surface area contributed by atoms with Gasteiger partial charge in [0.2, 0.25) is 0 Å². The lowest BCUT2D eigenvalue weighted by Gasteiger charge is -2.26. The standard InChI is InChI=1S/C9H17BrN2/c1-11(2)6-7-12-5-3-4-9(10)8-12/h4H,3,5-8H2,1-2H3. The van der Waals surface area contributed by atoms with E-state index in [0.29, 0.717) is 0 Å². The first-order valence-corrected chi connectivity index (χ1v) is 5.19. The van der Waals surface area contributed by atoms with E-state index in [1.54, 1.807) is 0 Å². The third kappa shape index (κ3) is 3.70. The number of hydrogen-bond acceptors (Lipinski definition) is 2. The summed E-state index contributed by atoms with van der Waals surface area (Å²) in [5.41, 5.74) is 0. The average molecular weight is 233 g/mol. The SMILES string of the molecule is CN(C)CCN1CCC=C(Br)C1. The van der Waals surface area contributed by atoms with Crippen LogP contribution >= 0.6 is 15.9 Å². The van der Waals surface area contributed by atoms with Crippen LogP contribution in [0.4, 0.5) is 0 Å². The lowest BCUT2D eigenvalue weighted by Crippen LogP contribution is -2.34. The van der Waals surface area contributed by atoms with E-state index in [0.717, 1.165) is 13.1 Å². The summed E-state index contributed by atoms with van der Waals surface area (Å²) < 4.78 is 1.34. The number of nitrogens with zero attached hydrogens (tertiary/aromatic N) is 2. The molecule has 12 heavy (non-hydrogen) atoms. The van der Waals surface area contributed by atoms with E-state index in [2.05, 4.69) is 45.9 Å². The molecule has 0 atom stereocenters. The molecule has 0 saturated heterocycles. The van der Waals surface area contributed by atoms with Crippen molar-refractivity contribution in [2.24, 2.45) is 0 Å². The second-order valence-corrected chi connectivity index (χ2v) is 4.54. The molecular weight excluding hydrogens is 216 g/mol. The van der Waals surface area contributed by atoms with Crippen LogP contribution in [0.2, 0.25) is 0 Å². The first kappa shape index (κ1) is 10.2. The van der Waals surface area contributed by atoms with Crippen molar-refractivity contribution in [1.29, 1.82) is 0 Å². The zero-order chi connectivity index (χ0) is 8.97. The third-order valence-electron chi connectivity index (χ3n) is 2.05. The molecule has 0 aromatic heterocycles. The predicted molar refractivity (Wildman–Crippen MR) is 56.6 cm³/mol. The van der Waals surface area contributed by atoms with Gasteiger partial charge in [-0.15, -0.1) is 0 Å². The molecule has 0 bridgehead atoms. The van der Waals surface area contributed by atoms with Gasteiger partial charge in [0.15, 0.2) is 0 Å². The summed E-state index contributed by atoms with van der Waals surface area (Å²) in [5, 5.41) is 0. The van der Waals surface area contributed by atoms with Crippen LogP contribution in [0.15, 0.2) is 10.6 Å². The second kappa shape index (κ2) is 5.00. The van der Waals surface area contributed by atoms with Crippen LogP contribution in [0.5, 0.6) is 0 Å². The molecule has 0 aromatic carbocycles. The fourth-order valence-corrected chi connectivity index (χ4v) is 1.88. The minimum absolute atomic E-state index is 1.09. The van der Waals surface area contributed by atoms with Crippen LogP contribution in [0, 0.1) is 0 Å². The molecule has 2 nitrogen and oxygen atoms in total. The van der Waals surface area contributed by atoms with Gasteiger partial charge in [0.1, 0.15) is 0 Å². The molecule has 1 rings (SSSR count). The van der Waals surface area contributed by atoms with E-state index in [-0.39, 0.29) is 0 Å². The maximum Gasteiger partial charge on any atom is 0.0297 e. The van der Waals surface area contributed by atoms with Crippen molar-refractivity contribution >= 4 is 15.9 Å². The van der Waals surface area contributed by atoms with Crippen molar-refractivity contribution in [2.75, 3.05) is 40.3 Å². The van der Waals surface area contributed by atoms with Gasteiger partial charge < -0.3 is 4.90 Å². The van der Waals surface area contributed by atoms with E-state index in [1.807, 2.05) is 0 Å². The molecule has 1 aliphatic heterocycles. The zero-order valence-corrected chi connectivity index (χ0v) is 9.47. The molecule has 0 spiro atoms. The van der Waals surface area contributed by atoms with Gasteiger partial charge in [-0.05, 0) is 20.5 Å². The highest BCUT2D eigenvalue weighted by Gasteiger charge is 2.09. The first-order chi connectivity index (χ1) is 5.68. The van der Waals surface area contributed by atoms with Crippen LogP contribution in [-0.4, -0.2) is 50.1 Å². The average Bonchev–Trinajstić information content (AvgIpc) is 2.01. The van der Waals surface area contributed by atoms with E-state index in [9.17, 15) is 0 Å². The summed E-state index contributed by atoms with van der Waals surface area (Å²) in [7, 11) is 4.24. The highest BCUT2D eigenvalue weighted by molar-refractivity contribution is 9.11. The lowest BCUT2D eigenvalue weighted by atomic mass is 10.2. The van der Waals surface area contributed by atoms with Crippen molar-refractivity contribution in [2.45, 2.75) is 6.42 Å². The van der Waals surface area contributed by atoms with E-state index in [4.69, 9.17) is 0 Å². The van der Waals surface area contributed by atoms with Gasteiger partial charge in [-0.3, -0.25) is 4.90 Å². The van der Waals surface area contributed by atoms with Gasteiger partial charge in [-0.25, -0.2) is 0 Å². The fraction of sp³-hybridized carbons (Fsp3) is 0.778. The minimum Gasteiger partial charge on any atom is -0.308 e. The molecule has 0 saturated carbocycles. The van der Waals surface area contributed by atoms with Crippen LogP contribution in [0.1, 0.15) is 6.42 Å². The number of hydrogen-bond donors (Lipinski definition) is 0. The Kier molecular flexibility index (Phi) is 4.26. The largest absolute Gasteiger partial charge is 0.308 e. The van der Waals surface area contributed by atoms with Crippen molar-refractivity contribution in [3.05, 3.63) is 10.6 Å². The quantitative estimate of drug-likeness (QED) is 0.729. The fourth-order valence-electron chi connectivity index (χ4n) is 1.29. The Hall–Kier alpha value is 0.140. The predicted octanol–water partition coefficient (Wildman–Crippen LogP) is 1.53. The van der Waals surface area contributed by atoms with Gasteiger partial charge in [0.25, 0.3) is 0 Å². The first-order valence-electron chi connectivity index (χ1n) is 4.40. The topological polar surface area (TPSA) is 6.48 Å². The molecule has 0 aromatic rings. The van der Waals surface area contributed by atoms with Crippen molar-refractivity contribution in [1.82, 2.24) is 9.80 Å². The molecule has 70 valence electrons. The number of rotatable bonds is 3. The van der Waals surface area contributed by atoms with Crippen LogP contribution < -0.4 is 0 Å². The Morgan fingerprint density at radius 1 is 1.58 bits per heavy atom. The second-order valence-electron chi connectivity index (χ2n) is 3.52. The highest BCUT2D eigenvalue weighted by atomic mass is 79.9. The summed E-state index contributed by atoms with van der Waals surface area (Å²) in [6, 6.07) is 0. The number of likely N-dealkylation sites (N-methyl/N-ethyl adjacent to an activating group) is 1. The smallest absolute Gasteiger partial charge is 0.0297 e. The Balaban J connectivity index is 2.21. The molecule has 0 amide bonds. The van der Waals surface area contributed by atoms with E-state index >= 15 is 0 Å². The molecule has 0 radical (unpaired) electrons. The van der Waals surface area contributed by atoms with Crippen molar-refractivity contribution < 1.29 is 0 Å². The molecule has 1 heterocycles. The van der Waals surface area contributed by atoms with Gasteiger partial charge in [0, 0.05) is 30.7 Å². The van der Waals surface area contributed by atoms with Gasteiger partial charge in [0.05, 0.1) is 0 Å². The van der Waals surface area contributed by atoms with Crippen LogP contribution in [0.3, 0.4) is 0 Å². The minimum atomic E-state index is 1.09. The normalized spacial score (nSPS) is 19.8. The van der Waals surface area contributed by atoms with Gasteiger partial charge in [-0.1, -0.05) is 22.0 Å². The van der Waals surface area contributed by atoms with Crippen molar-refractivity contribution in [3.63, 3.8) is 0 Å². The molecule has 0 unspecified atom stereocenters. The molecule has 0 fully saturated rings. The Morgan fingerprint density at radius 2 is 2.33 bits per heavy atom. The Morgan fingerprint density at radius 3 is 2.92 bits per heavy atom. The van der Waals surface area contributed by atoms with Crippen LogP contribution in [-0.2, 0) is 0 Å². The molecule has 3 heteroatoms. The zero-order valence-electron chi connectivity index (χ0n) is 7.89. The molecular formula is C9H17BrN2. The maximum atomic E-state index is 3.54. The van der Waals surface area contributed by atoms with Crippen molar-refractivity contribution in [3.8, 4) is 0 Å². The monoisotopic (exact) mass is 232 g/mol. The van der Waals surface area contributed by atoms with E-state index < -0.39 is 0 Å². The number of halogens is 1. The summed E-state index contributed by atoms with van der Waals surface area (Å²) in [6.07, 6.45) is 3.46.